The molecule has 3 heterocycles. The van der Waals surface area contributed by atoms with Gasteiger partial charge in [-0.25, -0.2) is 0 Å². The van der Waals surface area contributed by atoms with Crippen molar-refractivity contribution in [3.63, 3.8) is 0 Å². The average molecular weight is 343 g/mol. The van der Waals surface area contributed by atoms with E-state index in [-0.39, 0.29) is 0 Å². The summed E-state index contributed by atoms with van der Waals surface area (Å²) in [6.45, 7) is 2.42. The molecule has 2 aliphatic rings. The second-order valence-electron chi connectivity index (χ2n) is 6.90. The molecule has 3 nitrogen and oxygen atoms in total. The molecular weight excluding hydrogens is 316 g/mol. The van der Waals surface area contributed by atoms with Crippen LogP contribution in [0.4, 0.5) is 0 Å². The van der Waals surface area contributed by atoms with E-state index in [1.54, 1.807) is 12.7 Å². The van der Waals surface area contributed by atoms with Crippen LogP contribution in [0.3, 0.4) is 0 Å². The summed E-state index contributed by atoms with van der Waals surface area (Å²) in [5, 5.41) is 1.31. The highest BCUT2D eigenvalue weighted by Crippen LogP contribution is 2.29. The first-order valence-corrected chi connectivity index (χ1v) is 10.1. The number of nitrogens with one attached hydrogen (secondary N) is 1. The number of H-pyrrole nitrogens is 1. The molecule has 0 unspecified atom stereocenters. The van der Waals surface area contributed by atoms with E-state index < -0.39 is 0 Å². The lowest BCUT2D eigenvalue weighted by molar-refractivity contribution is 0.274. The number of ether oxygens (including phenoxy) is 1. The monoisotopic (exact) mass is 342 g/mol. The number of aromatic amines is 1. The molecule has 2 aromatic rings. The summed E-state index contributed by atoms with van der Waals surface area (Å²) in [7, 11) is 1.74. The normalized spacial score (nSPS) is 22.0. The minimum atomic E-state index is 0.669. The maximum absolute atomic E-state index is 5.40. The number of benzene rings is 1. The molecule has 24 heavy (non-hydrogen) atoms. The smallest absolute Gasteiger partial charge is 0.119 e. The number of hydrogen-bond acceptors (Lipinski definition) is 3. The first-order chi connectivity index (χ1) is 11.8. The first-order valence-electron chi connectivity index (χ1n) is 8.97. The number of likely N-dealkylation sites (tertiary alicyclic amines) is 1. The summed E-state index contributed by atoms with van der Waals surface area (Å²) >= 11 is 2.09. The summed E-state index contributed by atoms with van der Waals surface area (Å²) in [4.78, 5) is 6.13. The van der Waals surface area contributed by atoms with Crippen LogP contribution in [0.25, 0.3) is 10.9 Å². The predicted octanol–water partition coefficient (Wildman–Crippen LogP) is 4.25. The van der Waals surface area contributed by atoms with Crippen molar-refractivity contribution in [2.24, 2.45) is 0 Å². The Balaban J connectivity index is 1.50. The van der Waals surface area contributed by atoms with E-state index in [4.69, 9.17) is 4.74 Å². The van der Waals surface area contributed by atoms with E-state index in [2.05, 4.69) is 46.1 Å². The fourth-order valence-corrected chi connectivity index (χ4v) is 4.92. The minimum Gasteiger partial charge on any atom is -0.497 e. The van der Waals surface area contributed by atoms with E-state index in [0.717, 1.165) is 12.2 Å². The summed E-state index contributed by atoms with van der Waals surface area (Å²) < 4.78 is 5.40. The predicted molar refractivity (Wildman–Crippen MR) is 103 cm³/mol. The Kier molecular flexibility index (Phi) is 4.86. The van der Waals surface area contributed by atoms with Crippen LogP contribution in [-0.2, 0) is 6.42 Å². The second kappa shape index (κ2) is 7.24. The van der Waals surface area contributed by atoms with E-state index >= 15 is 0 Å². The van der Waals surface area contributed by atoms with Crippen LogP contribution in [0, 0.1) is 0 Å². The number of nitrogens with zero attached hydrogens (tertiary/aromatic N) is 1. The van der Waals surface area contributed by atoms with Gasteiger partial charge in [0.25, 0.3) is 0 Å². The van der Waals surface area contributed by atoms with Crippen molar-refractivity contribution < 1.29 is 4.74 Å². The Hall–Kier alpha value is -1.39. The number of aromatic nitrogens is 1. The van der Waals surface area contributed by atoms with Crippen LogP contribution in [-0.4, -0.2) is 47.6 Å². The van der Waals surface area contributed by atoms with Gasteiger partial charge in [-0.15, -0.1) is 0 Å². The Bertz CT molecular complexity index is 736. The molecule has 0 amide bonds. The van der Waals surface area contributed by atoms with Gasteiger partial charge in [0.05, 0.1) is 7.11 Å². The lowest BCUT2D eigenvalue weighted by Gasteiger charge is -2.26. The molecule has 1 fully saturated rings. The van der Waals surface area contributed by atoms with Gasteiger partial charge >= 0.3 is 0 Å². The number of thioether (sulfide) groups is 1. The lowest BCUT2D eigenvalue weighted by atomic mass is 10.0. The zero-order chi connectivity index (χ0) is 16.4. The van der Waals surface area contributed by atoms with Crippen LogP contribution in [0.5, 0.6) is 5.75 Å². The quantitative estimate of drug-likeness (QED) is 0.824. The lowest BCUT2D eigenvalue weighted by Crippen LogP contribution is -2.33. The van der Waals surface area contributed by atoms with Crippen molar-refractivity contribution in [2.75, 3.05) is 31.7 Å². The standard InChI is InChI=1S/C20H26N2OS/c1-23-18-6-7-20-19(11-18)16(12-21-20)10-17-5-2-8-22(17)13-15-4-3-9-24-14-15/h4,6-7,11-12,17,21H,2-3,5,8-10,13-14H2,1H3/t17-/m1/s1. The molecule has 0 saturated carbocycles. The van der Waals surface area contributed by atoms with Crippen LogP contribution in [0.1, 0.15) is 24.8 Å². The first kappa shape index (κ1) is 16.1. The molecule has 2 aliphatic heterocycles. The molecular formula is C20H26N2OS. The zero-order valence-electron chi connectivity index (χ0n) is 14.4. The second-order valence-corrected chi connectivity index (χ2v) is 8.00. The molecule has 0 aliphatic carbocycles. The van der Waals surface area contributed by atoms with E-state index in [9.17, 15) is 0 Å². The summed E-state index contributed by atoms with van der Waals surface area (Å²) in [6, 6.07) is 6.98. The fraction of sp³-hybridized carbons (Fsp3) is 0.500. The molecule has 1 aromatic carbocycles. The Morgan fingerprint density at radius 3 is 3.17 bits per heavy atom. The Morgan fingerprint density at radius 2 is 2.33 bits per heavy atom. The van der Waals surface area contributed by atoms with Gasteiger partial charge in [0.1, 0.15) is 5.75 Å². The van der Waals surface area contributed by atoms with Crippen molar-refractivity contribution in [2.45, 2.75) is 31.7 Å². The highest BCUT2D eigenvalue weighted by molar-refractivity contribution is 7.99. The van der Waals surface area contributed by atoms with E-state index in [0.29, 0.717) is 6.04 Å². The molecule has 1 N–H and O–H groups in total. The van der Waals surface area contributed by atoms with Gasteiger partial charge in [0.2, 0.25) is 0 Å². The summed E-state index contributed by atoms with van der Waals surface area (Å²) in [5.74, 6) is 3.47. The maximum Gasteiger partial charge on any atom is 0.119 e. The topological polar surface area (TPSA) is 28.3 Å². The van der Waals surface area contributed by atoms with Gasteiger partial charge in [-0.3, -0.25) is 4.90 Å². The molecule has 128 valence electrons. The number of rotatable bonds is 5. The highest BCUT2D eigenvalue weighted by atomic mass is 32.2. The van der Waals surface area contributed by atoms with Gasteiger partial charge in [-0.1, -0.05) is 11.6 Å². The van der Waals surface area contributed by atoms with Crippen LogP contribution < -0.4 is 4.74 Å². The molecule has 1 saturated heterocycles. The van der Waals surface area contributed by atoms with Gasteiger partial charge in [-0.05, 0) is 61.7 Å². The Labute approximate surface area is 148 Å². The maximum atomic E-state index is 5.40. The van der Waals surface area contributed by atoms with Gasteiger partial charge < -0.3 is 9.72 Å². The number of allylic oxidation sites excluding steroid dienone is 1. The van der Waals surface area contributed by atoms with Crippen LogP contribution in [0.2, 0.25) is 0 Å². The van der Waals surface area contributed by atoms with Crippen LogP contribution >= 0.6 is 11.8 Å². The molecule has 1 aromatic heterocycles. The highest BCUT2D eigenvalue weighted by Gasteiger charge is 2.26. The number of methoxy groups -OCH3 is 1. The van der Waals surface area contributed by atoms with E-state index in [1.165, 1.54) is 60.3 Å². The van der Waals surface area contributed by atoms with Crippen molar-refractivity contribution >= 4 is 22.7 Å². The number of hydrogen-bond donors (Lipinski definition) is 1. The fourth-order valence-electron chi connectivity index (χ4n) is 4.02. The molecule has 0 bridgehead atoms. The van der Waals surface area contributed by atoms with Gasteiger partial charge in [0, 0.05) is 35.4 Å². The third-order valence-corrected chi connectivity index (χ3v) is 6.42. The van der Waals surface area contributed by atoms with Crippen LogP contribution in [0.15, 0.2) is 36.0 Å². The SMILES string of the molecule is COc1ccc2[nH]cc(C[C@H]3CCCN3CC3=CCCSC3)c2c1. The van der Waals surface area contributed by atoms with Crippen molar-refractivity contribution in [3.8, 4) is 5.75 Å². The largest absolute Gasteiger partial charge is 0.497 e. The third-order valence-electron chi connectivity index (χ3n) is 5.32. The average Bonchev–Trinajstić information content (AvgIpc) is 3.23. The van der Waals surface area contributed by atoms with Gasteiger partial charge in [0.15, 0.2) is 0 Å². The zero-order valence-corrected chi connectivity index (χ0v) is 15.2. The van der Waals surface area contributed by atoms with Crippen molar-refractivity contribution in [1.29, 1.82) is 0 Å². The molecule has 0 radical (unpaired) electrons. The van der Waals surface area contributed by atoms with Crippen molar-refractivity contribution in [1.82, 2.24) is 9.88 Å². The number of fused-ring (bicyclic) bond motifs is 1. The van der Waals surface area contributed by atoms with Gasteiger partial charge in [-0.2, -0.15) is 11.8 Å². The Morgan fingerprint density at radius 1 is 1.38 bits per heavy atom. The molecule has 4 rings (SSSR count). The molecule has 4 heteroatoms. The van der Waals surface area contributed by atoms with Crippen molar-refractivity contribution in [3.05, 3.63) is 41.6 Å². The summed E-state index contributed by atoms with van der Waals surface area (Å²) in [6.07, 6.45) is 9.70. The molecule has 1 atom stereocenters. The summed E-state index contributed by atoms with van der Waals surface area (Å²) in [5.41, 5.74) is 4.27. The minimum absolute atomic E-state index is 0.669. The molecule has 0 spiro atoms. The third kappa shape index (κ3) is 3.35. The van der Waals surface area contributed by atoms with E-state index in [1.807, 2.05) is 6.07 Å².